The monoisotopic (exact) mass is 447 g/mol. The standard InChI is InChI=1S/C27H25N7/c1-2-4-17(5-3-1)21-15-31-26-23(21)19(8-9-30-26)25-32-22-16-29-14-20(18-6-7-18)24(22)27(33-25)34-12-10-28-11-13-34/h1-5,8-9,14-16,18,28H,6-7,10-13H2,(H,30,31). The Labute approximate surface area is 197 Å². The molecule has 2 aliphatic rings. The van der Waals surface area contributed by atoms with Crippen LogP contribution in [-0.2, 0) is 0 Å². The Bertz CT molecular complexity index is 1500. The molecule has 34 heavy (non-hydrogen) atoms. The fourth-order valence-corrected chi connectivity index (χ4v) is 5.11. The van der Waals surface area contributed by atoms with Crippen LogP contribution in [0.25, 0.3) is 44.5 Å². The summed E-state index contributed by atoms with van der Waals surface area (Å²) in [6, 6.07) is 12.4. The Morgan fingerprint density at radius 1 is 0.882 bits per heavy atom. The molecule has 5 aromatic rings. The average molecular weight is 448 g/mol. The van der Waals surface area contributed by atoms with Crippen LogP contribution in [0.15, 0.2) is 61.2 Å². The van der Waals surface area contributed by atoms with Gasteiger partial charge in [-0.3, -0.25) is 4.98 Å². The van der Waals surface area contributed by atoms with Crippen molar-refractivity contribution in [3.63, 3.8) is 0 Å². The van der Waals surface area contributed by atoms with Crippen molar-refractivity contribution < 1.29 is 0 Å². The van der Waals surface area contributed by atoms with Gasteiger partial charge in [0.2, 0.25) is 0 Å². The van der Waals surface area contributed by atoms with Gasteiger partial charge in [-0.1, -0.05) is 30.3 Å². The van der Waals surface area contributed by atoms with E-state index in [-0.39, 0.29) is 0 Å². The van der Waals surface area contributed by atoms with Crippen molar-refractivity contribution in [2.75, 3.05) is 31.1 Å². The van der Waals surface area contributed by atoms with Crippen molar-refractivity contribution >= 4 is 27.8 Å². The van der Waals surface area contributed by atoms with Gasteiger partial charge >= 0.3 is 0 Å². The lowest BCUT2D eigenvalue weighted by atomic mass is 10.0. The van der Waals surface area contributed by atoms with E-state index in [2.05, 4.69) is 49.4 Å². The highest BCUT2D eigenvalue weighted by Crippen LogP contribution is 2.45. The van der Waals surface area contributed by atoms with Crippen molar-refractivity contribution in [3.8, 4) is 22.5 Å². The first-order valence-electron chi connectivity index (χ1n) is 12.0. The van der Waals surface area contributed by atoms with Crippen molar-refractivity contribution in [3.05, 3.63) is 66.7 Å². The molecular weight excluding hydrogens is 422 g/mol. The summed E-state index contributed by atoms with van der Waals surface area (Å²) in [5.74, 6) is 2.34. The third-order valence-electron chi connectivity index (χ3n) is 6.95. The van der Waals surface area contributed by atoms with E-state index in [1.807, 2.05) is 36.9 Å². The summed E-state index contributed by atoms with van der Waals surface area (Å²) < 4.78 is 0. The Morgan fingerprint density at radius 2 is 1.74 bits per heavy atom. The summed E-state index contributed by atoms with van der Waals surface area (Å²) in [7, 11) is 0. The molecule has 1 aliphatic heterocycles. The van der Waals surface area contributed by atoms with E-state index < -0.39 is 0 Å². The normalized spacial score (nSPS) is 16.4. The summed E-state index contributed by atoms with van der Waals surface area (Å²) in [6.45, 7) is 3.78. The second-order valence-electron chi connectivity index (χ2n) is 9.16. The zero-order chi connectivity index (χ0) is 22.5. The Morgan fingerprint density at radius 3 is 2.56 bits per heavy atom. The van der Waals surface area contributed by atoms with Crippen molar-refractivity contribution in [2.24, 2.45) is 0 Å². The highest BCUT2D eigenvalue weighted by molar-refractivity contribution is 6.04. The topological polar surface area (TPSA) is 82.6 Å². The van der Waals surface area contributed by atoms with Crippen LogP contribution >= 0.6 is 0 Å². The van der Waals surface area contributed by atoms with E-state index in [0.29, 0.717) is 5.92 Å². The maximum atomic E-state index is 5.25. The number of piperazine rings is 1. The van der Waals surface area contributed by atoms with E-state index in [1.165, 1.54) is 23.8 Å². The molecule has 7 rings (SSSR count). The summed E-state index contributed by atoms with van der Waals surface area (Å²) in [6.07, 6.45) is 10.2. The smallest absolute Gasteiger partial charge is 0.163 e. The Balaban J connectivity index is 1.48. The van der Waals surface area contributed by atoms with Gasteiger partial charge in [0, 0.05) is 66.7 Å². The Kier molecular flexibility index (Phi) is 4.55. The number of aromatic amines is 1. The molecule has 1 saturated heterocycles. The molecule has 4 aromatic heterocycles. The predicted molar refractivity (Wildman–Crippen MR) is 135 cm³/mol. The van der Waals surface area contributed by atoms with E-state index in [0.717, 1.165) is 71.1 Å². The lowest BCUT2D eigenvalue weighted by Gasteiger charge is -2.30. The first-order chi connectivity index (χ1) is 16.9. The minimum absolute atomic E-state index is 0.578. The van der Waals surface area contributed by atoms with Gasteiger partial charge in [-0.05, 0) is 36.0 Å². The van der Waals surface area contributed by atoms with Crippen molar-refractivity contribution in [1.82, 2.24) is 30.2 Å². The number of fused-ring (bicyclic) bond motifs is 2. The van der Waals surface area contributed by atoms with Crippen LogP contribution in [-0.4, -0.2) is 51.1 Å². The molecule has 2 fully saturated rings. The number of hydrogen-bond acceptors (Lipinski definition) is 6. The summed E-state index contributed by atoms with van der Waals surface area (Å²) >= 11 is 0. The highest BCUT2D eigenvalue weighted by atomic mass is 15.2. The summed E-state index contributed by atoms with van der Waals surface area (Å²) in [4.78, 5) is 25.2. The number of H-pyrrole nitrogens is 1. The minimum Gasteiger partial charge on any atom is -0.353 e. The van der Waals surface area contributed by atoms with E-state index in [9.17, 15) is 0 Å². The second kappa shape index (κ2) is 7.88. The molecule has 0 spiro atoms. The maximum absolute atomic E-state index is 5.25. The predicted octanol–water partition coefficient (Wildman–Crippen LogP) is 4.52. The van der Waals surface area contributed by atoms with E-state index >= 15 is 0 Å². The van der Waals surface area contributed by atoms with Gasteiger partial charge < -0.3 is 15.2 Å². The quantitative estimate of drug-likeness (QED) is 0.421. The molecule has 0 amide bonds. The molecule has 0 radical (unpaired) electrons. The number of anilines is 1. The molecule has 0 bridgehead atoms. The molecule has 2 N–H and O–H groups in total. The maximum Gasteiger partial charge on any atom is 0.163 e. The molecule has 7 nitrogen and oxygen atoms in total. The molecule has 0 unspecified atom stereocenters. The zero-order valence-corrected chi connectivity index (χ0v) is 18.8. The number of aromatic nitrogens is 5. The van der Waals surface area contributed by atoms with Gasteiger partial charge in [-0.25, -0.2) is 15.0 Å². The number of pyridine rings is 2. The first kappa shape index (κ1) is 19.6. The van der Waals surface area contributed by atoms with Gasteiger partial charge in [0.15, 0.2) is 5.82 Å². The van der Waals surface area contributed by atoms with Gasteiger partial charge in [0.1, 0.15) is 11.5 Å². The lowest BCUT2D eigenvalue weighted by molar-refractivity contribution is 0.586. The molecule has 1 saturated carbocycles. The number of nitrogens with zero attached hydrogens (tertiary/aromatic N) is 5. The van der Waals surface area contributed by atoms with Crippen LogP contribution in [0, 0.1) is 0 Å². The second-order valence-corrected chi connectivity index (χ2v) is 9.16. The number of rotatable bonds is 4. The van der Waals surface area contributed by atoms with Crippen LogP contribution in [0.2, 0.25) is 0 Å². The van der Waals surface area contributed by atoms with Gasteiger partial charge in [0.25, 0.3) is 0 Å². The number of benzene rings is 1. The zero-order valence-electron chi connectivity index (χ0n) is 18.8. The third-order valence-corrected chi connectivity index (χ3v) is 6.95. The van der Waals surface area contributed by atoms with Crippen molar-refractivity contribution in [1.29, 1.82) is 0 Å². The molecule has 7 heteroatoms. The van der Waals surface area contributed by atoms with Gasteiger partial charge in [0.05, 0.1) is 11.7 Å². The van der Waals surface area contributed by atoms with E-state index in [1.54, 1.807) is 0 Å². The fourth-order valence-electron chi connectivity index (χ4n) is 5.11. The Hall–Kier alpha value is -3.84. The van der Waals surface area contributed by atoms with E-state index in [4.69, 9.17) is 9.97 Å². The lowest BCUT2D eigenvalue weighted by Crippen LogP contribution is -2.44. The largest absolute Gasteiger partial charge is 0.353 e. The average Bonchev–Trinajstić information content (AvgIpc) is 3.66. The van der Waals surface area contributed by atoms with Crippen LogP contribution in [0.1, 0.15) is 24.3 Å². The first-order valence-corrected chi connectivity index (χ1v) is 12.0. The van der Waals surface area contributed by atoms with Gasteiger partial charge in [-0.15, -0.1) is 0 Å². The van der Waals surface area contributed by atoms with Crippen LogP contribution in [0.5, 0.6) is 0 Å². The molecule has 0 atom stereocenters. The molecule has 1 aromatic carbocycles. The number of hydrogen-bond donors (Lipinski definition) is 2. The molecule has 1 aliphatic carbocycles. The van der Waals surface area contributed by atoms with Gasteiger partial charge in [-0.2, -0.15) is 0 Å². The fraction of sp³-hybridized carbons (Fsp3) is 0.259. The van der Waals surface area contributed by atoms with Crippen LogP contribution in [0.3, 0.4) is 0 Å². The summed E-state index contributed by atoms with van der Waals surface area (Å²) in [5, 5.41) is 5.68. The van der Waals surface area contributed by atoms with Crippen molar-refractivity contribution in [2.45, 2.75) is 18.8 Å². The molecular formula is C27H25N7. The minimum atomic E-state index is 0.578. The van der Waals surface area contributed by atoms with Crippen LogP contribution < -0.4 is 10.2 Å². The summed E-state index contributed by atoms with van der Waals surface area (Å²) in [5.41, 5.74) is 6.29. The molecule has 168 valence electrons. The molecule has 5 heterocycles. The SMILES string of the molecule is c1ccc(-c2c[nH]c3nccc(-c4nc(N5CCNCC5)c5c(C6CC6)cncc5n4)c23)cc1. The highest BCUT2D eigenvalue weighted by Gasteiger charge is 2.29. The number of nitrogens with one attached hydrogen (secondary N) is 2. The van der Waals surface area contributed by atoms with Crippen LogP contribution in [0.4, 0.5) is 5.82 Å². The third kappa shape index (κ3) is 3.23.